The van der Waals surface area contributed by atoms with E-state index < -0.39 is 17.5 Å². The molecule has 0 radical (unpaired) electrons. The molecule has 1 amide bonds. The first-order chi connectivity index (χ1) is 11.5. The lowest BCUT2D eigenvalue weighted by atomic mass is 10.0. The van der Waals surface area contributed by atoms with Gasteiger partial charge in [-0.25, -0.2) is 4.39 Å². The summed E-state index contributed by atoms with van der Waals surface area (Å²) in [5.41, 5.74) is 2.99. The second kappa shape index (κ2) is 6.28. The van der Waals surface area contributed by atoms with Gasteiger partial charge in [-0.15, -0.1) is 0 Å². The van der Waals surface area contributed by atoms with Crippen LogP contribution in [-0.4, -0.2) is 16.7 Å². The number of rotatable bonds is 4. The number of carbonyl (C=O) groups excluding carboxylic acids is 2. The van der Waals surface area contributed by atoms with Crippen LogP contribution in [0.1, 0.15) is 28.4 Å². The number of H-pyrrole nitrogens is 1. The lowest BCUT2D eigenvalue weighted by Gasteiger charge is -2.06. The van der Waals surface area contributed by atoms with Gasteiger partial charge < -0.3 is 10.3 Å². The Bertz CT molecular complexity index is 944. The Morgan fingerprint density at radius 2 is 2.00 bits per heavy atom. The number of halogens is 1. The summed E-state index contributed by atoms with van der Waals surface area (Å²) in [7, 11) is 0. The number of anilines is 1. The highest BCUT2D eigenvalue weighted by Gasteiger charge is 2.21. The van der Waals surface area contributed by atoms with Crippen LogP contribution in [-0.2, 0) is 11.2 Å². The molecule has 2 aromatic carbocycles. The number of amides is 1. The number of hydrogen-bond donors (Lipinski definition) is 2. The van der Waals surface area contributed by atoms with Gasteiger partial charge in [-0.1, -0.05) is 31.2 Å². The van der Waals surface area contributed by atoms with Crippen LogP contribution in [0.5, 0.6) is 0 Å². The minimum absolute atomic E-state index is 0.00226. The minimum Gasteiger partial charge on any atom is -0.360 e. The van der Waals surface area contributed by atoms with Gasteiger partial charge in [0.05, 0.1) is 11.3 Å². The summed E-state index contributed by atoms with van der Waals surface area (Å²) < 4.78 is 13.8. The van der Waals surface area contributed by atoms with Crippen molar-refractivity contribution >= 4 is 28.3 Å². The number of aromatic amines is 1. The average Bonchev–Trinajstić information content (AvgIpc) is 3.01. The van der Waals surface area contributed by atoms with E-state index in [-0.39, 0.29) is 11.3 Å². The molecule has 24 heavy (non-hydrogen) atoms. The second-order valence-corrected chi connectivity index (χ2v) is 5.66. The maximum absolute atomic E-state index is 13.8. The van der Waals surface area contributed by atoms with Gasteiger partial charge in [0.15, 0.2) is 0 Å². The van der Waals surface area contributed by atoms with E-state index in [0.29, 0.717) is 5.39 Å². The Hall–Kier alpha value is -2.95. The maximum atomic E-state index is 13.8. The lowest BCUT2D eigenvalue weighted by Crippen LogP contribution is -2.23. The molecular formula is C19H17FN2O2. The van der Waals surface area contributed by atoms with E-state index >= 15 is 0 Å². The van der Waals surface area contributed by atoms with Gasteiger partial charge in [-0.2, -0.15) is 0 Å². The molecule has 5 heteroatoms. The fraction of sp³-hybridized carbons (Fsp3) is 0.158. The van der Waals surface area contributed by atoms with Gasteiger partial charge in [0, 0.05) is 17.1 Å². The normalized spacial score (nSPS) is 10.8. The number of nitrogens with one attached hydrogen (secondary N) is 2. The van der Waals surface area contributed by atoms with E-state index in [4.69, 9.17) is 0 Å². The summed E-state index contributed by atoms with van der Waals surface area (Å²) in [4.78, 5) is 27.7. The Morgan fingerprint density at radius 1 is 1.21 bits per heavy atom. The van der Waals surface area contributed by atoms with E-state index in [1.807, 2.05) is 19.1 Å². The number of para-hydroxylation sites is 1. The molecule has 122 valence electrons. The third-order valence-electron chi connectivity index (χ3n) is 4.00. The first kappa shape index (κ1) is 15.9. The van der Waals surface area contributed by atoms with Crippen molar-refractivity contribution in [3.05, 3.63) is 65.1 Å². The smallest absolute Gasteiger partial charge is 0.296 e. The van der Waals surface area contributed by atoms with E-state index in [0.717, 1.165) is 23.1 Å². The van der Waals surface area contributed by atoms with Crippen molar-refractivity contribution in [2.24, 2.45) is 0 Å². The Balaban J connectivity index is 1.92. The van der Waals surface area contributed by atoms with Crippen LogP contribution in [0.15, 0.2) is 42.6 Å². The molecule has 0 unspecified atom stereocenters. The molecule has 1 heterocycles. The summed E-state index contributed by atoms with van der Waals surface area (Å²) in [6.07, 6.45) is 2.34. The van der Waals surface area contributed by atoms with Gasteiger partial charge >= 0.3 is 0 Å². The van der Waals surface area contributed by atoms with Crippen LogP contribution < -0.4 is 5.32 Å². The number of Topliss-reactive ketones (excluding diaryl/α,β-unsaturated/α-hetero) is 1. The summed E-state index contributed by atoms with van der Waals surface area (Å²) in [6.45, 7) is 3.80. The molecule has 4 nitrogen and oxygen atoms in total. The van der Waals surface area contributed by atoms with Gasteiger partial charge in [0.1, 0.15) is 5.82 Å². The molecule has 2 N–H and O–H groups in total. The highest BCUT2D eigenvalue weighted by molar-refractivity contribution is 6.48. The number of aryl methyl sites for hydroxylation is 2. The fourth-order valence-electron chi connectivity index (χ4n) is 2.74. The molecule has 0 atom stereocenters. The van der Waals surface area contributed by atoms with Crippen molar-refractivity contribution in [1.29, 1.82) is 0 Å². The van der Waals surface area contributed by atoms with Crippen LogP contribution in [0.25, 0.3) is 10.9 Å². The number of fused-ring (bicyclic) bond motifs is 1. The fourth-order valence-corrected chi connectivity index (χ4v) is 2.74. The maximum Gasteiger partial charge on any atom is 0.296 e. The topological polar surface area (TPSA) is 62.0 Å². The first-order valence-electron chi connectivity index (χ1n) is 7.72. The Morgan fingerprint density at radius 3 is 2.75 bits per heavy atom. The van der Waals surface area contributed by atoms with E-state index in [1.54, 1.807) is 19.1 Å². The van der Waals surface area contributed by atoms with Crippen LogP contribution in [0.2, 0.25) is 0 Å². The summed E-state index contributed by atoms with van der Waals surface area (Å²) in [5, 5.41) is 3.05. The molecule has 3 aromatic rings. The van der Waals surface area contributed by atoms with Crippen molar-refractivity contribution in [2.45, 2.75) is 20.3 Å². The highest BCUT2D eigenvalue weighted by Crippen LogP contribution is 2.23. The van der Waals surface area contributed by atoms with Crippen molar-refractivity contribution in [2.75, 3.05) is 5.32 Å². The molecule has 0 spiro atoms. The van der Waals surface area contributed by atoms with Crippen molar-refractivity contribution < 1.29 is 14.0 Å². The van der Waals surface area contributed by atoms with Gasteiger partial charge in [-0.3, -0.25) is 9.59 Å². The summed E-state index contributed by atoms with van der Waals surface area (Å²) >= 11 is 0. The third-order valence-corrected chi connectivity index (χ3v) is 4.00. The number of aromatic nitrogens is 1. The van der Waals surface area contributed by atoms with Gasteiger partial charge in [0.25, 0.3) is 11.7 Å². The molecule has 0 saturated heterocycles. The minimum atomic E-state index is -0.859. The largest absolute Gasteiger partial charge is 0.360 e. The van der Waals surface area contributed by atoms with E-state index in [1.165, 1.54) is 18.3 Å². The monoisotopic (exact) mass is 324 g/mol. The van der Waals surface area contributed by atoms with Crippen molar-refractivity contribution in [3.63, 3.8) is 0 Å². The molecule has 0 aliphatic heterocycles. The average molecular weight is 324 g/mol. The number of hydrogen-bond acceptors (Lipinski definition) is 2. The molecule has 0 saturated carbocycles. The molecule has 0 bridgehead atoms. The molecule has 1 aromatic heterocycles. The summed E-state index contributed by atoms with van der Waals surface area (Å²) in [5.74, 6) is -2.13. The highest BCUT2D eigenvalue weighted by atomic mass is 19.1. The molecule has 0 aliphatic carbocycles. The van der Waals surface area contributed by atoms with Crippen LogP contribution in [0.3, 0.4) is 0 Å². The molecule has 0 aliphatic rings. The summed E-state index contributed by atoms with van der Waals surface area (Å²) in [6, 6.07) is 9.95. The molecule has 3 rings (SSSR count). The standard InChI is InChI=1S/C19H17FN2O2/c1-3-12-5-4-6-13-14(10-21-17(12)13)18(23)19(24)22-16-9-11(2)7-8-15(16)20/h4-10,21H,3H2,1-2H3,(H,22,24). The van der Waals surface area contributed by atoms with Gasteiger partial charge in [-0.05, 0) is 36.6 Å². The Kier molecular flexibility index (Phi) is 4.16. The Labute approximate surface area is 138 Å². The predicted octanol–water partition coefficient (Wildman–Crippen LogP) is 4.00. The zero-order chi connectivity index (χ0) is 17.3. The molecular weight excluding hydrogens is 307 g/mol. The third kappa shape index (κ3) is 2.80. The molecule has 0 fully saturated rings. The number of carbonyl (C=O) groups is 2. The van der Waals surface area contributed by atoms with Crippen molar-refractivity contribution in [3.8, 4) is 0 Å². The lowest BCUT2D eigenvalue weighted by molar-refractivity contribution is -0.112. The van der Waals surface area contributed by atoms with Crippen molar-refractivity contribution in [1.82, 2.24) is 4.98 Å². The zero-order valence-corrected chi connectivity index (χ0v) is 13.4. The van der Waals surface area contributed by atoms with Crippen LogP contribution in [0.4, 0.5) is 10.1 Å². The zero-order valence-electron chi connectivity index (χ0n) is 13.4. The quantitative estimate of drug-likeness (QED) is 0.563. The predicted molar refractivity (Wildman–Crippen MR) is 91.8 cm³/mol. The first-order valence-corrected chi connectivity index (χ1v) is 7.72. The number of benzene rings is 2. The van der Waals surface area contributed by atoms with Crippen LogP contribution >= 0.6 is 0 Å². The van der Waals surface area contributed by atoms with Gasteiger partial charge in [0.2, 0.25) is 0 Å². The van der Waals surface area contributed by atoms with E-state index in [9.17, 15) is 14.0 Å². The second-order valence-electron chi connectivity index (χ2n) is 5.66. The van der Waals surface area contributed by atoms with E-state index in [2.05, 4.69) is 10.3 Å². The van der Waals surface area contributed by atoms with Crippen LogP contribution in [0, 0.1) is 12.7 Å². The SMILES string of the molecule is CCc1cccc2c(C(=O)C(=O)Nc3cc(C)ccc3F)c[nH]c12. The number of ketones is 1.